The number of halogens is 1. The molecule has 8 heteroatoms. The van der Waals surface area contributed by atoms with Crippen molar-refractivity contribution in [3.63, 3.8) is 0 Å². The first kappa shape index (κ1) is 12.0. The van der Waals surface area contributed by atoms with Crippen LogP contribution >= 0.6 is 0 Å². The van der Waals surface area contributed by atoms with Crippen molar-refractivity contribution in [2.45, 2.75) is 24.6 Å². The summed E-state index contributed by atoms with van der Waals surface area (Å²) in [7, 11) is 0. The van der Waals surface area contributed by atoms with Crippen LogP contribution in [0.1, 0.15) is 6.23 Å². The van der Waals surface area contributed by atoms with Gasteiger partial charge in [-0.2, -0.15) is 4.98 Å². The minimum absolute atomic E-state index is 0.0129. The maximum absolute atomic E-state index is 13.7. The van der Waals surface area contributed by atoms with Crippen molar-refractivity contribution in [3.05, 3.63) is 22.7 Å². The Kier molecular flexibility index (Phi) is 3.09. The zero-order valence-corrected chi connectivity index (χ0v) is 8.73. The number of aromatic nitrogens is 2. The number of nitrogens with two attached hydrogens (primary N) is 1. The number of aliphatic hydroxyl groups excluding tert-OH is 2. The first-order valence-electron chi connectivity index (χ1n) is 4.97. The van der Waals surface area contributed by atoms with Gasteiger partial charge >= 0.3 is 5.69 Å². The Morgan fingerprint density at radius 1 is 1.65 bits per heavy atom. The summed E-state index contributed by atoms with van der Waals surface area (Å²) in [6.45, 7) is -0.533. The fraction of sp³-hybridized carbons (Fsp3) is 0.556. The molecule has 94 valence electrons. The molecule has 0 radical (unpaired) electrons. The van der Waals surface area contributed by atoms with Crippen molar-refractivity contribution in [2.75, 3.05) is 12.3 Å². The molecule has 0 saturated carbocycles. The largest absolute Gasteiger partial charge is 0.394 e. The SMILES string of the molecule is Nc1ccn([C@H]2OC(CO)C(O)C2F)c(=O)n1. The minimum atomic E-state index is -1.81. The second-order valence-corrected chi connectivity index (χ2v) is 3.72. The van der Waals surface area contributed by atoms with Gasteiger partial charge in [-0.1, -0.05) is 0 Å². The Balaban J connectivity index is 2.32. The number of hydrogen-bond acceptors (Lipinski definition) is 6. The van der Waals surface area contributed by atoms with Gasteiger partial charge in [-0.15, -0.1) is 0 Å². The molecule has 2 rings (SSSR count). The van der Waals surface area contributed by atoms with Gasteiger partial charge in [0, 0.05) is 6.20 Å². The smallest absolute Gasteiger partial charge is 0.351 e. The Bertz CT molecular complexity index is 466. The second kappa shape index (κ2) is 4.40. The van der Waals surface area contributed by atoms with Crippen LogP contribution < -0.4 is 11.4 Å². The highest BCUT2D eigenvalue weighted by molar-refractivity contribution is 5.23. The minimum Gasteiger partial charge on any atom is -0.394 e. The lowest BCUT2D eigenvalue weighted by atomic mass is 10.1. The highest BCUT2D eigenvalue weighted by Crippen LogP contribution is 2.30. The lowest BCUT2D eigenvalue weighted by Crippen LogP contribution is -2.33. The Hall–Kier alpha value is -1.51. The van der Waals surface area contributed by atoms with E-state index in [0.717, 1.165) is 4.57 Å². The zero-order valence-electron chi connectivity index (χ0n) is 8.73. The number of hydrogen-bond donors (Lipinski definition) is 3. The molecule has 0 amide bonds. The molecule has 1 aromatic rings. The van der Waals surface area contributed by atoms with Crippen LogP contribution in [0.15, 0.2) is 17.1 Å². The molecular weight excluding hydrogens is 233 g/mol. The third-order valence-corrected chi connectivity index (χ3v) is 2.60. The van der Waals surface area contributed by atoms with Crippen LogP contribution in [0, 0.1) is 0 Å². The summed E-state index contributed by atoms with van der Waals surface area (Å²) >= 11 is 0. The normalized spacial score (nSPS) is 32.9. The van der Waals surface area contributed by atoms with E-state index in [1.807, 2.05) is 0 Å². The number of nitrogens with zero attached hydrogens (tertiary/aromatic N) is 2. The van der Waals surface area contributed by atoms with E-state index in [0.29, 0.717) is 0 Å². The van der Waals surface area contributed by atoms with Crippen LogP contribution in [0.2, 0.25) is 0 Å². The van der Waals surface area contributed by atoms with E-state index in [9.17, 15) is 14.3 Å². The monoisotopic (exact) mass is 245 g/mol. The topological polar surface area (TPSA) is 111 Å². The molecule has 4 N–H and O–H groups in total. The van der Waals surface area contributed by atoms with Gasteiger partial charge in [-0.3, -0.25) is 4.57 Å². The average Bonchev–Trinajstić information content (AvgIpc) is 2.57. The number of aliphatic hydroxyl groups is 2. The molecule has 17 heavy (non-hydrogen) atoms. The fourth-order valence-corrected chi connectivity index (χ4v) is 1.70. The van der Waals surface area contributed by atoms with E-state index < -0.39 is 36.9 Å². The van der Waals surface area contributed by atoms with Crippen molar-refractivity contribution < 1.29 is 19.3 Å². The van der Waals surface area contributed by atoms with Crippen LogP contribution in [0.5, 0.6) is 0 Å². The van der Waals surface area contributed by atoms with Crippen LogP contribution in [0.25, 0.3) is 0 Å². The third-order valence-electron chi connectivity index (χ3n) is 2.60. The Morgan fingerprint density at radius 3 is 2.88 bits per heavy atom. The lowest BCUT2D eigenvalue weighted by Gasteiger charge is -2.15. The molecule has 0 aromatic carbocycles. The van der Waals surface area contributed by atoms with E-state index in [1.165, 1.54) is 12.3 Å². The molecule has 1 saturated heterocycles. The molecule has 1 aliphatic heterocycles. The summed E-state index contributed by atoms with van der Waals surface area (Å²) < 4.78 is 19.6. The van der Waals surface area contributed by atoms with Gasteiger partial charge in [0.25, 0.3) is 0 Å². The van der Waals surface area contributed by atoms with Crippen molar-refractivity contribution >= 4 is 5.82 Å². The molecule has 4 atom stereocenters. The van der Waals surface area contributed by atoms with Crippen LogP contribution in [-0.4, -0.2) is 44.8 Å². The van der Waals surface area contributed by atoms with E-state index >= 15 is 0 Å². The summed E-state index contributed by atoms with van der Waals surface area (Å²) in [4.78, 5) is 14.9. The first-order valence-corrected chi connectivity index (χ1v) is 4.97. The summed E-state index contributed by atoms with van der Waals surface area (Å²) in [6.07, 6.45) is -4.42. The average molecular weight is 245 g/mol. The van der Waals surface area contributed by atoms with Gasteiger partial charge in [0.15, 0.2) is 12.4 Å². The highest BCUT2D eigenvalue weighted by atomic mass is 19.1. The van der Waals surface area contributed by atoms with Gasteiger partial charge in [-0.25, -0.2) is 9.18 Å². The maximum atomic E-state index is 13.7. The van der Waals surface area contributed by atoms with Crippen molar-refractivity contribution in [1.29, 1.82) is 0 Å². The number of rotatable bonds is 2. The summed E-state index contributed by atoms with van der Waals surface area (Å²) in [5.74, 6) is 0.0129. The van der Waals surface area contributed by atoms with Gasteiger partial charge in [-0.05, 0) is 6.07 Å². The summed E-state index contributed by atoms with van der Waals surface area (Å²) in [5, 5.41) is 18.3. The maximum Gasteiger partial charge on any atom is 0.351 e. The van der Waals surface area contributed by atoms with Gasteiger partial charge in [0.2, 0.25) is 0 Å². The molecule has 0 spiro atoms. The Labute approximate surface area is 95.3 Å². The predicted octanol–water partition coefficient (Wildman–Crippen LogP) is -1.59. The van der Waals surface area contributed by atoms with Crippen molar-refractivity contribution in [1.82, 2.24) is 9.55 Å². The van der Waals surface area contributed by atoms with Crippen LogP contribution in [0.4, 0.5) is 10.2 Å². The molecule has 0 bridgehead atoms. The number of anilines is 1. The molecule has 2 heterocycles. The van der Waals surface area contributed by atoms with Gasteiger partial charge in [0.05, 0.1) is 6.61 Å². The van der Waals surface area contributed by atoms with Crippen LogP contribution in [0.3, 0.4) is 0 Å². The predicted molar refractivity (Wildman–Crippen MR) is 54.8 cm³/mol. The summed E-state index contributed by atoms with van der Waals surface area (Å²) in [6, 6.07) is 1.32. The molecule has 0 aliphatic carbocycles. The van der Waals surface area contributed by atoms with E-state index in [1.54, 1.807) is 0 Å². The van der Waals surface area contributed by atoms with Crippen molar-refractivity contribution in [3.8, 4) is 0 Å². The second-order valence-electron chi connectivity index (χ2n) is 3.72. The fourth-order valence-electron chi connectivity index (χ4n) is 1.70. The summed E-state index contributed by atoms with van der Waals surface area (Å²) in [5.41, 5.74) is 4.52. The molecule has 3 unspecified atom stereocenters. The molecular formula is C9H12FN3O4. The van der Waals surface area contributed by atoms with E-state index in [4.69, 9.17) is 15.6 Å². The molecule has 1 aliphatic rings. The molecule has 7 nitrogen and oxygen atoms in total. The number of nitrogen functional groups attached to an aromatic ring is 1. The standard InChI is InChI=1S/C9H12FN3O4/c10-6-7(15)4(3-14)17-8(6)13-2-1-5(11)12-9(13)16/h1-2,4,6-8,14-15H,3H2,(H2,11,12,16)/t4?,6?,7?,8-/m0/s1. The zero-order chi connectivity index (χ0) is 12.6. The van der Waals surface area contributed by atoms with Crippen LogP contribution in [-0.2, 0) is 4.74 Å². The quantitative estimate of drug-likeness (QED) is 0.579. The Morgan fingerprint density at radius 2 is 2.35 bits per heavy atom. The van der Waals surface area contributed by atoms with Gasteiger partial charge in [0.1, 0.15) is 18.0 Å². The van der Waals surface area contributed by atoms with Gasteiger partial charge < -0.3 is 20.7 Å². The molecule has 1 aromatic heterocycles. The number of ether oxygens (including phenoxy) is 1. The molecule has 1 fully saturated rings. The lowest BCUT2D eigenvalue weighted by molar-refractivity contribution is -0.0490. The highest BCUT2D eigenvalue weighted by Gasteiger charge is 2.45. The van der Waals surface area contributed by atoms with Crippen molar-refractivity contribution in [2.24, 2.45) is 0 Å². The number of alkyl halides is 1. The first-order chi connectivity index (χ1) is 8.04. The van der Waals surface area contributed by atoms with E-state index in [-0.39, 0.29) is 5.82 Å². The third kappa shape index (κ3) is 2.02. The van der Waals surface area contributed by atoms with E-state index in [2.05, 4.69) is 4.98 Å².